The van der Waals surface area contributed by atoms with Crippen molar-refractivity contribution < 1.29 is 29.6 Å². The molecule has 0 aromatic rings. The fourth-order valence-corrected chi connectivity index (χ4v) is 6.93. The Morgan fingerprint density at radius 2 is 0.833 bits per heavy atom. The number of esters is 1. The van der Waals surface area contributed by atoms with Gasteiger partial charge in [0.2, 0.25) is 0 Å². The third-order valence-corrected chi connectivity index (χ3v) is 10.5. The van der Waals surface area contributed by atoms with E-state index in [1.54, 1.807) is 0 Å². The second-order valence-corrected chi connectivity index (χ2v) is 16.4. The van der Waals surface area contributed by atoms with Crippen LogP contribution >= 0.6 is 0 Å². The molecule has 7 nitrogen and oxygen atoms in total. The molecular weight excluding hydrogens is 675 g/mol. The lowest BCUT2D eigenvalue weighted by Crippen LogP contribution is -2.20. The van der Waals surface area contributed by atoms with E-state index in [-0.39, 0.29) is 18.7 Å². The van der Waals surface area contributed by atoms with Gasteiger partial charge in [0.25, 0.3) is 0 Å². The van der Waals surface area contributed by atoms with Gasteiger partial charge in [-0.3, -0.25) is 4.79 Å². The summed E-state index contributed by atoms with van der Waals surface area (Å²) in [5, 5.41) is 26.4. The van der Waals surface area contributed by atoms with Gasteiger partial charge in [-0.15, -0.1) is 0 Å². The number of nitrogens with zero attached hydrogens (tertiary/aromatic N) is 1. The van der Waals surface area contributed by atoms with Gasteiger partial charge in [0.05, 0.1) is 6.10 Å². The quantitative estimate of drug-likeness (QED) is 0.0424. The summed E-state index contributed by atoms with van der Waals surface area (Å²) in [5.41, 5.74) is 0. The minimum atomic E-state index is -0.683. The van der Waals surface area contributed by atoms with E-state index in [0.29, 0.717) is 26.1 Å². The van der Waals surface area contributed by atoms with Gasteiger partial charge in [0, 0.05) is 26.1 Å². The van der Waals surface area contributed by atoms with Gasteiger partial charge in [-0.1, -0.05) is 206 Å². The Labute approximate surface area is 337 Å². The van der Waals surface area contributed by atoms with Crippen LogP contribution in [0, 0.1) is 0 Å². The third kappa shape index (κ3) is 49.3. The molecule has 0 unspecified atom stereocenters. The van der Waals surface area contributed by atoms with Gasteiger partial charge in [-0.2, -0.15) is 0 Å². The number of carbonyl (C=O) groups excluding carboxylic acids is 1. The van der Waals surface area contributed by atoms with Crippen molar-refractivity contribution in [3.05, 3.63) is 0 Å². The second kappa shape index (κ2) is 48.4. The molecule has 2 atom stereocenters. The molecule has 326 valence electrons. The standard InChI is InChI=1S/2C18H38O.C11H21NO4/c2*1-2-3-4-5-6-7-8-9-10-11-12-13-14-15-16-17-18-19;1-12(2)7-3-4-10(13)15-8-9-5-6-11(14)16-9/h2*19H,2-18H2,1H3;9,11,14H,3-8H2,1-2H3/t;;9-,11+/m..0/s1. The molecule has 0 bridgehead atoms. The molecular formula is C47H97NO6. The zero-order chi connectivity index (χ0) is 40.0. The molecule has 1 fully saturated rings. The van der Waals surface area contributed by atoms with Crippen molar-refractivity contribution in [3.63, 3.8) is 0 Å². The minimum absolute atomic E-state index is 0.132. The summed E-state index contributed by atoms with van der Waals surface area (Å²) in [7, 11) is 3.94. The Balaban J connectivity index is 0. The SMILES string of the molecule is CCCCCCCCCCCCCCCCCCO.CCCCCCCCCCCCCCCCCCO.CN(C)CCCC(=O)OC[C@@H]1CC[C@H](O)O1. The summed E-state index contributed by atoms with van der Waals surface area (Å²) in [5.74, 6) is -0.188. The number of aliphatic hydroxyl groups excluding tert-OH is 3. The van der Waals surface area contributed by atoms with Gasteiger partial charge in [0.15, 0.2) is 6.29 Å². The zero-order valence-electron chi connectivity index (χ0n) is 37.0. The molecule has 1 rings (SSSR count). The summed E-state index contributed by atoms with van der Waals surface area (Å²) < 4.78 is 10.2. The van der Waals surface area contributed by atoms with Crippen molar-refractivity contribution in [3.8, 4) is 0 Å². The predicted octanol–water partition coefficient (Wildman–Crippen LogP) is 12.8. The van der Waals surface area contributed by atoms with Crippen LogP contribution in [0.4, 0.5) is 0 Å². The lowest BCUT2D eigenvalue weighted by atomic mass is 10.0. The Morgan fingerprint density at radius 1 is 0.519 bits per heavy atom. The molecule has 0 aromatic heterocycles. The second-order valence-electron chi connectivity index (χ2n) is 16.4. The lowest BCUT2D eigenvalue weighted by Gasteiger charge is -2.12. The molecule has 1 heterocycles. The predicted molar refractivity (Wildman–Crippen MR) is 232 cm³/mol. The maximum absolute atomic E-state index is 11.3. The molecule has 0 aliphatic carbocycles. The average molecular weight is 772 g/mol. The first kappa shape index (κ1) is 55.4. The minimum Gasteiger partial charge on any atom is -0.463 e. The van der Waals surface area contributed by atoms with Crippen molar-refractivity contribution >= 4 is 5.97 Å². The topological polar surface area (TPSA) is 99.5 Å². The maximum Gasteiger partial charge on any atom is 0.305 e. The van der Waals surface area contributed by atoms with E-state index in [4.69, 9.17) is 24.8 Å². The number of aliphatic hydroxyl groups is 3. The van der Waals surface area contributed by atoms with E-state index < -0.39 is 6.29 Å². The highest BCUT2D eigenvalue weighted by Crippen LogP contribution is 2.18. The van der Waals surface area contributed by atoms with Crippen LogP contribution in [0.1, 0.15) is 245 Å². The number of ether oxygens (including phenoxy) is 2. The van der Waals surface area contributed by atoms with Gasteiger partial charge in [-0.05, 0) is 46.3 Å². The molecule has 0 saturated carbocycles. The highest BCUT2D eigenvalue weighted by molar-refractivity contribution is 5.69. The van der Waals surface area contributed by atoms with Crippen LogP contribution in [0.15, 0.2) is 0 Å². The smallest absolute Gasteiger partial charge is 0.305 e. The highest BCUT2D eigenvalue weighted by Gasteiger charge is 2.24. The summed E-state index contributed by atoms with van der Waals surface area (Å²) in [6.45, 7) is 6.46. The molecule has 0 radical (unpaired) electrons. The lowest BCUT2D eigenvalue weighted by molar-refractivity contribution is -0.152. The van der Waals surface area contributed by atoms with Crippen LogP contribution in [-0.4, -0.2) is 79.0 Å². The first-order valence-corrected chi connectivity index (χ1v) is 23.8. The van der Waals surface area contributed by atoms with Crippen LogP contribution in [-0.2, 0) is 14.3 Å². The zero-order valence-corrected chi connectivity index (χ0v) is 37.0. The molecule has 0 spiro atoms. The van der Waals surface area contributed by atoms with Crippen LogP contribution in [0.2, 0.25) is 0 Å². The molecule has 3 N–H and O–H groups in total. The fraction of sp³-hybridized carbons (Fsp3) is 0.979. The largest absolute Gasteiger partial charge is 0.463 e. The maximum atomic E-state index is 11.3. The monoisotopic (exact) mass is 772 g/mol. The number of carbonyl (C=O) groups is 1. The summed E-state index contributed by atoms with van der Waals surface area (Å²) in [6.07, 6.45) is 46.2. The van der Waals surface area contributed by atoms with Crippen molar-refractivity contribution in [2.45, 2.75) is 257 Å². The summed E-state index contributed by atoms with van der Waals surface area (Å²) in [6, 6.07) is 0. The van der Waals surface area contributed by atoms with Gasteiger partial charge in [0.1, 0.15) is 6.61 Å². The number of hydrogen-bond acceptors (Lipinski definition) is 7. The van der Waals surface area contributed by atoms with Crippen LogP contribution < -0.4 is 0 Å². The Kier molecular flexibility index (Phi) is 49.6. The average Bonchev–Trinajstić information content (AvgIpc) is 3.59. The van der Waals surface area contributed by atoms with E-state index in [9.17, 15) is 4.79 Å². The third-order valence-electron chi connectivity index (χ3n) is 10.5. The van der Waals surface area contributed by atoms with E-state index in [1.807, 2.05) is 19.0 Å². The van der Waals surface area contributed by atoms with Gasteiger partial charge >= 0.3 is 5.97 Å². The molecule has 0 amide bonds. The molecule has 1 aliphatic heterocycles. The van der Waals surface area contributed by atoms with Crippen molar-refractivity contribution in [1.82, 2.24) is 4.90 Å². The van der Waals surface area contributed by atoms with Crippen LogP contribution in [0.25, 0.3) is 0 Å². The van der Waals surface area contributed by atoms with Crippen LogP contribution in [0.3, 0.4) is 0 Å². The van der Waals surface area contributed by atoms with Gasteiger partial charge < -0.3 is 29.7 Å². The first-order valence-electron chi connectivity index (χ1n) is 23.8. The Bertz CT molecular complexity index is 627. The number of unbranched alkanes of at least 4 members (excludes halogenated alkanes) is 30. The number of hydrogen-bond donors (Lipinski definition) is 3. The van der Waals surface area contributed by atoms with E-state index >= 15 is 0 Å². The molecule has 1 saturated heterocycles. The molecule has 1 aliphatic rings. The first-order chi connectivity index (χ1) is 26.4. The van der Waals surface area contributed by atoms with Gasteiger partial charge in [-0.25, -0.2) is 0 Å². The van der Waals surface area contributed by atoms with Crippen LogP contribution in [0.5, 0.6) is 0 Å². The molecule has 54 heavy (non-hydrogen) atoms. The Hall–Kier alpha value is -0.730. The highest BCUT2D eigenvalue weighted by atomic mass is 16.6. The van der Waals surface area contributed by atoms with E-state index in [0.717, 1.165) is 32.2 Å². The van der Waals surface area contributed by atoms with E-state index in [1.165, 1.54) is 193 Å². The fourth-order valence-electron chi connectivity index (χ4n) is 6.93. The van der Waals surface area contributed by atoms with E-state index in [2.05, 4.69) is 13.8 Å². The van der Waals surface area contributed by atoms with Crippen molar-refractivity contribution in [2.24, 2.45) is 0 Å². The molecule has 0 aromatic carbocycles. The normalized spacial score (nSPS) is 15.2. The number of rotatable bonds is 38. The van der Waals surface area contributed by atoms with Crippen molar-refractivity contribution in [2.75, 3.05) is 40.5 Å². The summed E-state index contributed by atoms with van der Waals surface area (Å²) in [4.78, 5) is 13.3. The van der Waals surface area contributed by atoms with Crippen molar-refractivity contribution in [1.29, 1.82) is 0 Å². The summed E-state index contributed by atoms with van der Waals surface area (Å²) >= 11 is 0. The molecule has 7 heteroatoms. The Morgan fingerprint density at radius 3 is 1.09 bits per heavy atom.